The van der Waals surface area contributed by atoms with Gasteiger partial charge in [-0.05, 0) is 28.6 Å². The maximum Gasteiger partial charge on any atom is 0.0457 e. The van der Waals surface area contributed by atoms with Crippen molar-refractivity contribution in [3.05, 3.63) is 71.6 Å². The topological polar surface area (TPSA) is 12.0 Å². The van der Waals surface area contributed by atoms with Crippen LogP contribution in [-0.4, -0.2) is 0 Å². The van der Waals surface area contributed by atoms with E-state index in [1.165, 1.54) is 0 Å². The molecule has 0 fully saturated rings. The van der Waals surface area contributed by atoms with Crippen molar-refractivity contribution in [3.8, 4) is 0 Å². The fourth-order valence-corrected chi connectivity index (χ4v) is 1.68. The third-order valence-corrected chi connectivity index (χ3v) is 2.56. The van der Waals surface area contributed by atoms with Crippen LogP contribution in [0.2, 0.25) is 0 Å². The molecule has 0 aliphatic rings. The van der Waals surface area contributed by atoms with E-state index < -0.39 is 0 Å². The highest BCUT2D eigenvalue weighted by Crippen LogP contribution is 2.10. The zero-order chi connectivity index (χ0) is 12.1. The van der Waals surface area contributed by atoms with Crippen LogP contribution in [0.15, 0.2) is 61.2 Å². The van der Waals surface area contributed by atoms with Gasteiger partial charge in [0.25, 0.3) is 0 Å². The lowest BCUT2D eigenvalue weighted by molar-refractivity contribution is 1.47. The Morgan fingerprint density at radius 2 is 1.71 bits per heavy atom. The van der Waals surface area contributed by atoms with Gasteiger partial charge < -0.3 is 5.32 Å². The van der Waals surface area contributed by atoms with Crippen molar-refractivity contribution < 1.29 is 0 Å². The first-order valence-electron chi connectivity index (χ1n) is 5.54. The number of benzene rings is 2. The summed E-state index contributed by atoms with van der Waals surface area (Å²) < 4.78 is 0. The number of para-hydroxylation sites is 1. The van der Waals surface area contributed by atoms with Gasteiger partial charge in [0, 0.05) is 11.4 Å². The predicted octanol–water partition coefficient (Wildman–Crippen LogP) is 2.81. The van der Waals surface area contributed by atoms with Crippen molar-refractivity contribution >= 4 is 24.0 Å². The molecule has 0 aliphatic carbocycles. The van der Waals surface area contributed by atoms with Crippen LogP contribution in [0.25, 0.3) is 12.7 Å². The minimum absolute atomic E-state index is 0.983. The smallest absolute Gasteiger partial charge is 0.0457 e. The fraction of sp³-hybridized carbons (Fsp3) is 0. The molecule has 0 radical (unpaired) electrons. The summed E-state index contributed by atoms with van der Waals surface area (Å²) in [6.07, 6.45) is 3.73. The molecule has 0 spiro atoms. The van der Waals surface area contributed by atoms with Gasteiger partial charge in [-0.25, -0.2) is 0 Å². The van der Waals surface area contributed by atoms with Crippen LogP contribution in [0.3, 0.4) is 0 Å². The summed E-state index contributed by atoms with van der Waals surface area (Å²) in [5, 5.41) is 5.42. The molecule has 84 valence electrons. The maximum atomic E-state index is 4.09. The van der Waals surface area contributed by atoms with E-state index in [0.717, 1.165) is 21.8 Å². The second-order valence-corrected chi connectivity index (χ2v) is 3.77. The number of anilines is 2. The molecule has 2 aromatic rings. The van der Waals surface area contributed by atoms with Gasteiger partial charge in [-0.2, -0.15) is 0 Å². The summed E-state index contributed by atoms with van der Waals surface area (Å²) in [7, 11) is 0. The van der Waals surface area contributed by atoms with Gasteiger partial charge >= 0.3 is 0 Å². The molecule has 0 atom stereocenters. The monoisotopic (exact) mass is 221 g/mol. The van der Waals surface area contributed by atoms with Gasteiger partial charge in [0.1, 0.15) is 0 Å². The van der Waals surface area contributed by atoms with Gasteiger partial charge in [0.05, 0.1) is 0 Å². The van der Waals surface area contributed by atoms with Gasteiger partial charge in [0.15, 0.2) is 0 Å². The van der Waals surface area contributed by atoms with Crippen LogP contribution < -0.4 is 15.8 Å². The Morgan fingerprint density at radius 1 is 0.941 bits per heavy atom. The lowest BCUT2D eigenvalue weighted by atomic mass is 10.2. The Bertz CT molecular complexity index is 612. The molecular formula is C16H15N. The molecule has 1 nitrogen and oxygen atoms in total. The van der Waals surface area contributed by atoms with E-state index in [-0.39, 0.29) is 0 Å². The highest BCUT2D eigenvalue weighted by Gasteiger charge is 1.95. The first-order valence-corrected chi connectivity index (χ1v) is 5.54. The lowest BCUT2D eigenvalue weighted by Crippen LogP contribution is -2.25. The third-order valence-electron chi connectivity index (χ3n) is 2.56. The summed E-state index contributed by atoms with van der Waals surface area (Å²) in [5.41, 5.74) is 2.08. The van der Waals surface area contributed by atoms with E-state index in [0.29, 0.717) is 0 Å². The Morgan fingerprint density at radius 3 is 2.41 bits per heavy atom. The molecule has 1 heteroatoms. The molecule has 0 amide bonds. The van der Waals surface area contributed by atoms with E-state index in [1.54, 1.807) is 6.08 Å². The van der Waals surface area contributed by atoms with E-state index in [1.807, 2.05) is 54.6 Å². The summed E-state index contributed by atoms with van der Waals surface area (Å²) in [4.78, 5) is 0. The molecule has 1 N–H and O–H groups in total. The average Bonchev–Trinajstić information content (AvgIpc) is 2.36. The zero-order valence-electron chi connectivity index (χ0n) is 9.69. The van der Waals surface area contributed by atoms with Gasteiger partial charge in [-0.15, -0.1) is 0 Å². The Balaban J connectivity index is 2.41. The van der Waals surface area contributed by atoms with Crippen molar-refractivity contribution in [2.75, 3.05) is 5.32 Å². The van der Waals surface area contributed by atoms with Crippen molar-refractivity contribution in [1.29, 1.82) is 0 Å². The van der Waals surface area contributed by atoms with Crippen LogP contribution in [0, 0.1) is 0 Å². The second-order valence-electron chi connectivity index (χ2n) is 3.77. The maximum absolute atomic E-state index is 4.09. The quantitative estimate of drug-likeness (QED) is 0.840. The minimum atomic E-state index is 0.983. The molecule has 17 heavy (non-hydrogen) atoms. The summed E-state index contributed by atoms with van der Waals surface area (Å²) in [6, 6.07) is 16.1. The Labute approximate surface area is 101 Å². The van der Waals surface area contributed by atoms with Crippen molar-refractivity contribution in [1.82, 2.24) is 0 Å². The summed E-state index contributed by atoms with van der Waals surface area (Å²) >= 11 is 0. The van der Waals surface area contributed by atoms with E-state index in [2.05, 4.69) is 18.5 Å². The fourth-order valence-electron chi connectivity index (χ4n) is 1.68. The Hall–Kier alpha value is -2.28. The SMILES string of the molecule is C=C/C=c1/cccc(Nc2ccccc2)c1=C. The van der Waals surface area contributed by atoms with Crippen LogP contribution in [0.4, 0.5) is 11.4 Å². The summed E-state index contributed by atoms with van der Waals surface area (Å²) in [5.74, 6) is 0. The summed E-state index contributed by atoms with van der Waals surface area (Å²) in [6.45, 7) is 7.80. The Kier molecular flexibility index (Phi) is 3.41. The molecular weight excluding hydrogens is 206 g/mol. The first kappa shape index (κ1) is 11.2. The highest BCUT2D eigenvalue weighted by atomic mass is 14.9. The number of hydrogen-bond acceptors (Lipinski definition) is 1. The van der Waals surface area contributed by atoms with E-state index >= 15 is 0 Å². The molecule has 2 rings (SSSR count). The van der Waals surface area contributed by atoms with Gasteiger partial charge in [-0.3, -0.25) is 0 Å². The van der Waals surface area contributed by atoms with Gasteiger partial charge in [0.2, 0.25) is 0 Å². The predicted molar refractivity (Wildman–Crippen MR) is 75.6 cm³/mol. The normalized spacial score (nSPS) is 11.2. The van der Waals surface area contributed by atoms with E-state index in [4.69, 9.17) is 0 Å². The second kappa shape index (κ2) is 5.17. The zero-order valence-corrected chi connectivity index (χ0v) is 9.69. The molecule has 0 aromatic heterocycles. The number of hydrogen-bond donors (Lipinski definition) is 1. The van der Waals surface area contributed by atoms with Crippen molar-refractivity contribution in [3.63, 3.8) is 0 Å². The van der Waals surface area contributed by atoms with Crippen LogP contribution in [0.5, 0.6) is 0 Å². The first-order chi connectivity index (χ1) is 8.31. The number of rotatable bonds is 3. The standard InChI is InChI=1S/C16H15N/c1-3-8-14-9-7-12-16(13(14)2)17-15-10-5-4-6-11-15/h3-12,17H,1-2H2/b14-8-. The molecule has 0 saturated carbocycles. The minimum Gasteiger partial charge on any atom is -0.355 e. The molecule has 2 aromatic carbocycles. The lowest BCUT2D eigenvalue weighted by Gasteiger charge is -2.06. The average molecular weight is 221 g/mol. The molecule has 0 unspecified atom stereocenters. The largest absolute Gasteiger partial charge is 0.355 e. The van der Waals surface area contributed by atoms with E-state index in [9.17, 15) is 0 Å². The number of nitrogens with one attached hydrogen (secondary N) is 1. The highest BCUT2D eigenvalue weighted by molar-refractivity contribution is 5.61. The van der Waals surface area contributed by atoms with Crippen molar-refractivity contribution in [2.24, 2.45) is 0 Å². The van der Waals surface area contributed by atoms with Crippen molar-refractivity contribution in [2.45, 2.75) is 0 Å². The van der Waals surface area contributed by atoms with Gasteiger partial charge in [-0.1, -0.05) is 55.6 Å². The molecule has 0 aliphatic heterocycles. The van der Waals surface area contributed by atoms with Crippen LogP contribution >= 0.6 is 0 Å². The molecule has 0 heterocycles. The molecule has 0 bridgehead atoms. The molecule has 0 saturated heterocycles. The van der Waals surface area contributed by atoms with Crippen LogP contribution in [0.1, 0.15) is 0 Å². The number of allylic oxidation sites excluding steroid dienone is 1. The van der Waals surface area contributed by atoms with Crippen LogP contribution in [-0.2, 0) is 0 Å². The third kappa shape index (κ3) is 2.64.